The zero-order valence-electron chi connectivity index (χ0n) is 11.7. The molecule has 0 aliphatic rings. The second-order valence-electron chi connectivity index (χ2n) is 4.78. The van der Waals surface area contributed by atoms with Gasteiger partial charge in [0, 0.05) is 18.8 Å². The summed E-state index contributed by atoms with van der Waals surface area (Å²) in [5, 5.41) is 0. The van der Waals surface area contributed by atoms with E-state index in [0.717, 1.165) is 17.0 Å². The molecular formula is C14H19N3O2S. The second-order valence-corrected chi connectivity index (χ2v) is 6.88. The van der Waals surface area contributed by atoms with Gasteiger partial charge in [0.05, 0.1) is 22.7 Å². The summed E-state index contributed by atoms with van der Waals surface area (Å²) in [6, 6.07) is 6.73. The molecule has 0 amide bonds. The smallest absolute Gasteiger partial charge is 0.180 e. The maximum atomic E-state index is 12.3. The molecular weight excluding hydrogens is 274 g/mol. The van der Waals surface area contributed by atoms with E-state index in [4.69, 9.17) is 5.73 Å². The van der Waals surface area contributed by atoms with Gasteiger partial charge in [0.2, 0.25) is 0 Å². The van der Waals surface area contributed by atoms with Crippen LogP contribution >= 0.6 is 0 Å². The fourth-order valence-corrected chi connectivity index (χ4v) is 3.16. The lowest BCUT2D eigenvalue weighted by atomic mass is 10.2. The molecule has 108 valence electrons. The van der Waals surface area contributed by atoms with E-state index >= 15 is 0 Å². The third kappa shape index (κ3) is 3.08. The molecule has 1 aromatic heterocycles. The number of rotatable bonds is 5. The van der Waals surface area contributed by atoms with Crippen LogP contribution in [0.3, 0.4) is 0 Å². The summed E-state index contributed by atoms with van der Waals surface area (Å²) in [6.45, 7) is 4.67. The minimum atomic E-state index is -3.28. The molecule has 6 heteroatoms. The lowest BCUT2D eigenvalue weighted by Crippen LogP contribution is -2.13. The summed E-state index contributed by atoms with van der Waals surface area (Å²) in [7, 11) is -3.28. The molecule has 2 aromatic rings. The van der Waals surface area contributed by atoms with Gasteiger partial charge in [-0.05, 0) is 31.5 Å². The Hall–Kier alpha value is -1.66. The summed E-state index contributed by atoms with van der Waals surface area (Å²) in [5.74, 6) is 0.0611. The van der Waals surface area contributed by atoms with E-state index in [2.05, 4.69) is 4.98 Å². The first-order valence-corrected chi connectivity index (χ1v) is 8.09. The number of aryl methyl sites for hydroxylation is 2. The molecule has 1 heterocycles. The Morgan fingerprint density at radius 2 is 1.85 bits per heavy atom. The molecule has 0 radical (unpaired) electrons. The van der Waals surface area contributed by atoms with Gasteiger partial charge in [-0.25, -0.2) is 13.4 Å². The van der Waals surface area contributed by atoms with Crippen molar-refractivity contribution in [2.45, 2.75) is 31.8 Å². The molecule has 0 saturated carbocycles. The fourth-order valence-electron chi connectivity index (χ4n) is 1.94. The lowest BCUT2D eigenvalue weighted by Gasteiger charge is -2.08. The summed E-state index contributed by atoms with van der Waals surface area (Å²) in [4.78, 5) is 4.50. The van der Waals surface area contributed by atoms with E-state index in [1.807, 2.05) is 18.4 Å². The first-order chi connectivity index (χ1) is 9.44. The molecule has 0 atom stereocenters. The standard InChI is InChI=1S/C14H19N3O2S/c1-11-12(2)17(10-16-11)7-8-20(18,19)14-5-3-13(9-15)4-6-14/h3-6,10H,7-9,15H2,1-2H3. The number of aromatic nitrogens is 2. The predicted molar refractivity (Wildman–Crippen MR) is 78.1 cm³/mol. The molecule has 0 fully saturated rings. The van der Waals surface area contributed by atoms with Crippen molar-refractivity contribution in [3.63, 3.8) is 0 Å². The average molecular weight is 293 g/mol. The minimum Gasteiger partial charge on any atom is -0.334 e. The Bertz CT molecular complexity index is 688. The van der Waals surface area contributed by atoms with Crippen molar-refractivity contribution >= 4 is 9.84 Å². The number of sulfone groups is 1. The molecule has 1 aromatic carbocycles. The van der Waals surface area contributed by atoms with Gasteiger partial charge in [-0.1, -0.05) is 12.1 Å². The van der Waals surface area contributed by atoms with Crippen molar-refractivity contribution < 1.29 is 8.42 Å². The van der Waals surface area contributed by atoms with Crippen molar-refractivity contribution in [1.29, 1.82) is 0 Å². The highest BCUT2D eigenvalue weighted by molar-refractivity contribution is 7.91. The Balaban J connectivity index is 2.12. The monoisotopic (exact) mass is 293 g/mol. The zero-order chi connectivity index (χ0) is 14.8. The van der Waals surface area contributed by atoms with E-state index in [9.17, 15) is 8.42 Å². The van der Waals surface area contributed by atoms with Crippen LogP contribution in [0.4, 0.5) is 0 Å². The molecule has 2 rings (SSSR count). The number of nitrogens with two attached hydrogens (primary N) is 1. The molecule has 0 unspecified atom stereocenters. The molecule has 0 spiro atoms. The number of hydrogen-bond donors (Lipinski definition) is 1. The molecule has 0 aliphatic heterocycles. The van der Waals surface area contributed by atoms with Gasteiger partial charge in [-0.2, -0.15) is 0 Å². The van der Waals surface area contributed by atoms with E-state index in [-0.39, 0.29) is 5.75 Å². The number of nitrogens with zero attached hydrogens (tertiary/aromatic N) is 2. The van der Waals surface area contributed by atoms with Crippen LogP contribution in [0.15, 0.2) is 35.5 Å². The van der Waals surface area contributed by atoms with Crippen LogP contribution in [-0.4, -0.2) is 23.7 Å². The van der Waals surface area contributed by atoms with Crippen LogP contribution in [-0.2, 0) is 22.9 Å². The SMILES string of the molecule is Cc1ncn(CCS(=O)(=O)c2ccc(CN)cc2)c1C. The Morgan fingerprint density at radius 3 is 2.35 bits per heavy atom. The molecule has 0 bridgehead atoms. The number of benzene rings is 1. The van der Waals surface area contributed by atoms with Crippen LogP contribution in [0, 0.1) is 13.8 Å². The van der Waals surface area contributed by atoms with E-state index in [1.165, 1.54) is 0 Å². The van der Waals surface area contributed by atoms with E-state index in [0.29, 0.717) is 18.0 Å². The van der Waals surface area contributed by atoms with Crippen LogP contribution in [0.25, 0.3) is 0 Å². The Morgan fingerprint density at radius 1 is 1.20 bits per heavy atom. The third-order valence-corrected chi connectivity index (χ3v) is 5.17. The van der Waals surface area contributed by atoms with Crippen LogP contribution in [0.2, 0.25) is 0 Å². The van der Waals surface area contributed by atoms with Gasteiger partial charge in [-0.3, -0.25) is 0 Å². The number of hydrogen-bond acceptors (Lipinski definition) is 4. The highest BCUT2D eigenvalue weighted by Gasteiger charge is 2.15. The number of imidazole rings is 1. The first-order valence-electron chi connectivity index (χ1n) is 6.44. The highest BCUT2D eigenvalue weighted by atomic mass is 32.2. The van der Waals surface area contributed by atoms with Crippen molar-refractivity contribution in [3.05, 3.63) is 47.5 Å². The van der Waals surface area contributed by atoms with Crippen molar-refractivity contribution in [2.24, 2.45) is 5.73 Å². The molecule has 5 nitrogen and oxygen atoms in total. The van der Waals surface area contributed by atoms with Gasteiger partial charge in [0.25, 0.3) is 0 Å². The molecule has 0 aliphatic carbocycles. The normalized spacial score (nSPS) is 11.8. The largest absolute Gasteiger partial charge is 0.334 e. The summed E-state index contributed by atoms with van der Waals surface area (Å²) in [6.07, 6.45) is 1.68. The third-order valence-electron chi connectivity index (χ3n) is 3.46. The van der Waals surface area contributed by atoms with E-state index < -0.39 is 9.84 Å². The zero-order valence-corrected chi connectivity index (χ0v) is 12.5. The molecule has 0 saturated heterocycles. The van der Waals surface area contributed by atoms with Crippen molar-refractivity contribution in [2.75, 3.05) is 5.75 Å². The van der Waals surface area contributed by atoms with Crippen LogP contribution in [0.5, 0.6) is 0 Å². The maximum absolute atomic E-state index is 12.3. The highest BCUT2D eigenvalue weighted by Crippen LogP contribution is 2.13. The maximum Gasteiger partial charge on any atom is 0.180 e. The summed E-state index contributed by atoms with van der Waals surface area (Å²) >= 11 is 0. The predicted octanol–water partition coefficient (Wildman–Crippen LogP) is 1.43. The van der Waals surface area contributed by atoms with Crippen LogP contribution in [0.1, 0.15) is 17.0 Å². The summed E-state index contributed by atoms with van der Waals surface area (Å²) < 4.78 is 26.4. The average Bonchev–Trinajstić information content (AvgIpc) is 2.77. The lowest BCUT2D eigenvalue weighted by molar-refractivity contribution is 0.587. The van der Waals surface area contributed by atoms with Crippen LogP contribution < -0.4 is 5.73 Å². The topological polar surface area (TPSA) is 78.0 Å². The Kier molecular flexibility index (Phi) is 4.25. The quantitative estimate of drug-likeness (QED) is 0.904. The molecule has 2 N–H and O–H groups in total. The van der Waals surface area contributed by atoms with Gasteiger partial charge in [-0.15, -0.1) is 0 Å². The fraction of sp³-hybridized carbons (Fsp3) is 0.357. The van der Waals surface area contributed by atoms with Crippen molar-refractivity contribution in [1.82, 2.24) is 9.55 Å². The second kappa shape index (κ2) is 5.76. The van der Waals surface area contributed by atoms with Gasteiger partial charge in [0.1, 0.15) is 0 Å². The minimum absolute atomic E-state index is 0.0611. The van der Waals surface area contributed by atoms with Crippen molar-refractivity contribution in [3.8, 4) is 0 Å². The van der Waals surface area contributed by atoms with E-state index in [1.54, 1.807) is 30.6 Å². The van der Waals surface area contributed by atoms with Gasteiger partial charge in [0.15, 0.2) is 9.84 Å². The van der Waals surface area contributed by atoms with Gasteiger partial charge >= 0.3 is 0 Å². The molecule has 20 heavy (non-hydrogen) atoms. The van der Waals surface area contributed by atoms with Gasteiger partial charge < -0.3 is 10.3 Å². The Labute approximate surface area is 119 Å². The first kappa shape index (κ1) is 14.7. The summed E-state index contributed by atoms with van der Waals surface area (Å²) in [5.41, 5.74) is 8.35.